The van der Waals surface area contributed by atoms with E-state index in [1.807, 2.05) is 0 Å². The Balaban J connectivity index is 2.23. The minimum absolute atomic E-state index is 0.00567. The van der Waals surface area contributed by atoms with Crippen LogP contribution in [0.1, 0.15) is 10.4 Å². The Morgan fingerprint density at radius 2 is 1.67 bits per heavy atom. The second-order valence-electron chi connectivity index (χ2n) is 6.01. The molecule has 4 rings (SSSR count). The van der Waals surface area contributed by atoms with E-state index < -0.39 is 5.97 Å². The summed E-state index contributed by atoms with van der Waals surface area (Å²) in [6, 6.07) is 11.9. The van der Waals surface area contributed by atoms with E-state index in [0.717, 1.165) is 0 Å². The lowest BCUT2D eigenvalue weighted by Crippen LogP contribution is -2.04. The maximum Gasteiger partial charge on any atom is 0.336 e. The summed E-state index contributed by atoms with van der Waals surface area (Å²) in [5.74, 6) is -0.827. The highest BCUT2D eigenvalue weighted by molar-refractivity contribution is 7.83. The van der Waals surface area contributed by atoms with Crippen molar-refractivity contribution in [2.24, 2.45) is 0 Å². The SMILES string of the molecule is O=C(O)c1cc(S)c(S)cc1-c1c2ccc(=O)cc-2oc2cc(O)ccc12. The van der Waals surface area contributed by atoms with E-state index in [9.17, 15) is 19.8 Å². The summed E-state index contributed by atoms with van der Waals surface area (Å²) in [4.78, 5) is 24.6. The van der Waals surface area contributed by atoms with Crippen LogP contribution in [0.3, 0.4) is 0 Å². The van der Waals surface area contributed by atoms with E-state index in [0.29, 0.717) is 43.2 Å². The summed E-state index contributed by atoms with van der Waals surface area (Å²) in [6.07, 6.45) is 0. The first-order chi connectivity index (χ1) is 12.8. The molecule has 2 aliphatic rings. The number of hydrogen-bond donors (Lipinski definition) is 4. The second kappa shape index (κ2) is 6.37. The van der Waals surface area contributed by atoms with Crippen molar-refractivity contribution in [1.29, 1.82) is 0 Å². The molecule has 0 unspecified atom stereocenters. The molecule has 0 saturated carbocycles. The van der Waals surface area contributed by atoms with Gasteiger partial charge in [-0.3, -0.25) is 4.79 Å². The Labute approximate surface area is 164 Å². The first kappa shape index (κ1) is 17.5. The Bertz CT molecular complexity index is 1260. The number of aromatic carboxylic acids is 1. The molecule has 0 saturated heterocycles. The molecule has 0 amide bonds. The van der Waals surface area contributed by atoms with Crippen molar-refractivity contribution >= 4 is 42.2 Å². The average Bonchev–Trinajstić information content (AvgIpc) is 2.61. The molecule has 1 heterocycles. The maximum atomic E-state index is 11.9. The van der Waals surface area contributed by atoms with Crippen molar-refractivity contribution in [3.8, 4) is 28.2 Å². The van der Waals surface area contributed by atoms with Gasteiger partial charge in [-0.2, -0.15) is 0 Å². The van der Waals surface area contributed by atoms with E-state index in [1.54, 1.807) is 18.2 Å². The molecule has 0 spiro atoms. The zero-order valence-corrected chi connectivity index (χ0v) is 15.4. The first-order valence-electron chi connectivity index (χ1n) is 7.84. The molecule has 2 aromatic rings. The maximum absolute atomic E-state index is 11.9. The van der Waals surface area contributed by atoms with E-state index in [-0.39, 0.29) is 16.7 Å². The van der Waals surface area contributed by atoms with Crippen LogP contribution in [0, 0.1) is 0 Å². The van der Waals surface area contributed by atoms with Crippen LogP contribution in [0.25, 0.3) is 33.4 Å². The lowest BCUT2D eigenvalue weighted by atomic mass is 9.91. The predicted octanol–water partition coefficient (Wildman–Crippen LogP) is 4.55. The third kappa shape index (κ3) is 2.94. The van der Waals surface area contributed by atoms with Gasteiger partial charge in [-0.25, -0.2) is 4.79 Å². The normalized spacial score (nSPS) is 11.2. The van der Waals surface area contributed by atoms with E-state index >= 15 is 0 Å². The third-order valence-electron chi connectivity index (χ3n) is 4.29. The monoisotopic (exact) mass is 396 g/mol. The minimum atomic E-state index is -1.12. The quantitative estimate of drug-likeness (QED) is 0.295. The highest BCUT2D eigenvalue weighted by atomic mass is 32.1. The average molecular weight is 396 g/mol. The molecule has 5 nitrogen and oxygen atoms in total. The number of phenols is 1. The Hall–Kier alpha value is -2.90. The predicted molar refractivity (Wildman–Crippen MR) is 108 cm³/mol. The number of carboxylic acid groups (broad SMARTS) is 1. The van der Waals surface area contributed by atoms with Crippen molar-refractivity contribution in [1.82, 2.24) is 0 Å². The van der Waals surface area contributed by atoms with E-state index in [4.69, 9.17) is 4.42 Å². The molecule has 0 fully saturated rings. The van der Waals surface area contributed by atoms with E-state index in [2.05, 4.69) is 25.3 Å². The van der Waals surface area contributed by atoms with Crippen molar-refractivity contribution < 1.29 is 19.4 Å². The lowest BCUT2D eigenvalue weighted by molar-refractivity contribution is 0.0697. The highest BCUT2D eigenvalue weighted by Gasteiger charge is 2.22. The number of carboxylic acids is 1. The molecule has 27 heavy (non-hydrogen) atoms. The van der Waals surface area contributed by atoms with Gasteiger partial charge in [0.25, 0.3) is 0 Å². The van der Waals surface area contributed by atoms with Gasteiger partial charge in [0.1, 0.15) is 17.1 Å². The zero-order chi connectivity index (χ0) is 19.3. The van der Waals surface area contributed by atoms with Crippen molar-refractivity contribution in [3.63, 3.8) is 0 Å². The van der Waals surface area contributed by atoms with Crippen LogP contribution in [0.15, 0.2) is 67.5 Å². The molecule has 2 N–H and O–H groups in total. The van der Waals surface area contributed by atoms with Gasteiger partial charge in [0.2, 0.25) is 0 Å². The summed E-state index contributed by atoms with van der Waals surface area (Å²) in [7, 11) is 0. The van der Waals surface area contributed by atoms with Crippen LogP contribution in [0.4, 0.5) is 0 Å². The van der Waals surface area contributed by atoms with Gasteiger partial charge in [0.05, 0.1) is 5.56 Å². The number of benzene rings is 3. The lowest BCUT2D eigenvalue weighted by Gasteiger charge is -2.17. The van der Waals surface area contributed by atoms with Gasteiger partial charge in [0.15, 0.2) is 5.43 Å². The first-order valence-corrected chi connectivity index (χ1v) is 8.74. The molecule has 7 heteroatoms. The fourth-order valence-corrected chi connectivity index (χ4v) is 3.50. The molecular formula is C20H12O5S2. The number of fused-ring (bicyclic) bond motifs is 2. The number of carbonyl (C=O) groups is 1. The van der Waals surface area contributed by atoms with Crippen LogP contribution in [-0.4, -0.2) is 16.2 Å². The molecule has 0 atom stereocenters. The molecule has 134 valence electrons. The van der Waals surface area contributed by atoms with Gasteiger partial charge in [-0.15, -0.1) is 25.3 Å². The topological polar surface area (TPSA) is 87.7 Å². The standard InChI is InChI=1S/C20H12O5S2/c21-9-1-3-11-15(5-9)25-16-6-10(22)2-4-12(16)19(11)13-7-17(26)18(27)8-14(13)20(23)24/h1-8,21,26-27H,(H,23,24). The number of aromatic hydroxyl groups is 1. The van der Waals surface area contributed by atoms with Gasteiger partial charge >= 0.3 is 5.97 Å². The van der Waals surface area contributed by atoms with Crippen molar-refractivity contribution in [3.05, 3.63) is 64.3 Å². The summed E-state index contributed by atoms with van der Waals surface area (Å²) in [6.45, 7) is 0. The van der Waals surface area contributed by atoms with Crippen molar-refractivity contribution in [2.45, 2.75) is 9.79 Å². The molecule has 1 aliphatic carbocycles. The number of hydrogen-bond acceptors (Lipinski definition) is 6. The zero-order valence-electron chi connectivity index (χ0n) is 13.6. The minimum Gasteiger partial charge on any atom is -0.508 e. The number of rotatable bonds is 2. The second-order valence-corrected chi connectivity index (χ2v) is 6.97. The fraction of sp³-hybridized carbons (Fsp3) is 0. The summed E-state index contributed by atoms with van der Waals surface area (Å²) in [5, 5.41) is 20.1. The van der Waals surface area contributed by atoms with Crippen LogP contribution >= 0.6 is 25.3 Å². The van der Waals surface area contributed by atoms with Crippen molar-refractivity contribution in [2.75, 3.05) is 0 Å². The molecular weight excluding hydrogens is 384 g/mol. The Morgan fingerprint density at radius 3 is 2.41 bits per heavy atom. The van der Waals surface area contributed by atoms with Gasteiger partial charge in [-0.05, 0) is 42.0 Å². The summed E-state index contributed by atoms with van der Waals surface area (Å²) >= 11 is 8.64. The van der Waals surface area contributed by atoms with Crippen LogP contribution in [0.5, 0.6) is 5.75 Å². The van der Waals surface area contributed by atoms with Gasteiger partial charge < -0.3 is 14.6 Å². The Kier molecular flexibility index (Phi) is 4.13. The largest absolute Gasteiger partial charge is 0.508 e. The molecule has 2 aromatic carbocycles. The van der Waals surface area contributed by atoms with E-state index in [1.165, 1.54) is 30.3 Å². The smallest absolute Gasteiger partial charge is 0.336 e. The van der Waals surface area contributed by atoms with Gasteiger partial charge in [-0.1, -0.05) is 0 Å². The number of phenolic OH excluding ortho intramolecular Hbond substituents is 1. The molecule has 0 bridgehead atoms. The summed E-state index contributed by atoms with van der Waals surface area (Å²) < 4.78 is 5.78. The number of thiol groups is 2. The fourth-order valence-electron chi connectivity index (χ4n) is 3.11. The van der Waals surface area contributed by atoms with Crippen LogP contribution < -0.4 is 5.43 Å². The third-order valence-corrected chi connectivity index (χ3v) is 5.21. The van der Waals surface area contributed by atoms with Gasteiger partial charge in [0, 0.05) is 38.4 Å². The summed E-state index contributed by atoms with van der Waals surface area (Å²) in [5.41, 5.74) is 1.71. The molecule has 1 aliphatic heterocycles. The van der Waals surface area contributed by atoms with Crippen LogP contribution in [-0.2, 0) is 0 Å². The highest BCUT2D eigenvalue weighted by Crippen LogP contribution is 2.43. The molecule has 0 aromatic heterocycles. The molecule has 0 radical (unpaired) electrons. The Morgan fingerprint density at radius 1 is 0.926 bits per heavy atom. The van der Waals surface area contributed by atoms with Crippen LogP contribution in [0.2, 0.25) is 0 Å².